The van der Waals surface area contributed by atoms with Crippen molar-refractivity contribution in [3.05, 3.63) is 70.8 Å². The Labute approximate surface area is 146 Å². The molecule has 1 saturated carbocycles. The van der Waals surface area contributed by atoms with Crippen molar-refractivity contribution < 1.29 is 0 Å². The number of benzene rings is 2. The molecule has 1 aliphatic carbocycles. The van der Waals surface area contributed by atoms with Gasteiger partial charge in [-0.2, -0.15) is 0 Å². The molecule has 0 N–H and O–H groups in total. The fourth-order valence-corrected chi connectivity index (χ4v) is 3.01. The van der Waals surface area contributed by atoms with Gasteiger partial charge in [-0.05, 0) is 74.9 Å². The second kappa shape index (κ2) is 7.90. The van der Waals surface area contributed by atoms with E-state index in [2.05, 4.69) is 86.1 Å². The summed E-state index contributed by atoms with van der Waals surface area (Å²) in [7, 11) is 0. The molecule has 0 radical (unpaired) electrons. The van der Waals surface area contributed by atoms with Crippen LogP contribution in [0.5, 0.6) is 0 Å². The second-order valence-corrected chi connectivity index (χ2v) is 6.92. The molecule has 2 aromatic carbocycles. The molecular formula is C24H24. The third-order valence-corrected chi connectivity index (χ3v) is 4.72. The van der Waals surface area contributed by atoms with E-state index in [1.807, 2.05) is 0 Å². The van der Waals surface area contributed by atoms with Gasteiger partial charge < -0.3 is 0 Å². The van der Waals surface area contributed by atoms with Crippen molar-refractivity contribution in [3.63, 3.8) is 0 Å². The first-order valence-electron chi connectivity index (χ1n) is 8.89. The lowest BCUT2D eigenvalue weighted by Crippen LogP contribution is -2.10. The first kappa shape index (κ1) is 16.4. The van der Waals surface area contributed by atoms with Gasteiger partial charge in [0.25, 0.3) is 0 Å². The Morgan fingerprint density at radius 1 is 0.667 bits per heavy atom. The zero-order valence-corrected chi connectivity index (χ0v) is 14.6. The Morgan fingerprint density at radius 3 is 1.67 bits per heavy atom. The molecular weight excluding hydrogens is 288 g/mol. The fraction of sp³-hybridized carbons (Fsp3) is 0.333. The van der Waals surface area contributed by atoms with E-state index in [9.17, 15) is 0 Å². The van der Waals surface area contributed by atoms with Crippen LogP contribution >= 0.6 is 0 Å². The highest BCUT2D eigenvalue weighted by Crippen LogP contribution is 2.27. The van der Waals surface area contributed by atoms with Gasteiger partial charge in [-0.1, -0.05) is 48.3 Å². The number of hydrogen-bond donors (Lipinski definition) is 0. The van der Waals surface area contributed by atoms with E-state index in [-0.39, 0.29) is 0 Å². The lowest BCUT2D eigenvalue weighted by Gasteiger charge is -2.21. The van der Waals surface area contributed by atoms with Crippen LogP contribution in [0.3, 0.4) is 0 Å². The van der Waals surface area contributed by atoms with Crippen molar-refractivity contribution in [1.29, 1.82) is 0 Å². The molecule has 1 fully saturated rings. The van der Waals surface area contributed by atoms with E-state index in [0.717, 1.165) is 22.6 Å². The predicted octanol–water partition coefficient (Wildman–Crippen LogP) is 5.57. The van der Waals surface area contributed by atoms with Gasteiger partial charge in [-0.25, -0.2) is 0 Å². The van der Waals surface area contributed by atoms with E-state index >= 15 is 0 Å². The van der Waals surface area contributed by atoms with Crippen LogP contribution in [0.15, 0.2) is 48.5 Å². The van der Waals surface area contributed by atoms with E-state index < -0.39 is 0 Å². The van der Waals surface area contributed by atoms with E-state index in [4.69, 9.17) is 0 Å². The summed E-state index contributed by atoms with van der Waals surface area (Å²) in [5.41, 5.74) is 4.44. The Balaban J connectivity index is 1.63. The van der Waals surface area contributed by atoms with Crippen LogP contribution in [0.1, 0.15) is 54.9 Å². The number of hydrogen-bond acceptors (Lipinski definition) is 0. The minimum Gasteiger partial charge on any atom is -0.0945 e. The van der Waals surface area contributed by atoms with Gasteiger partial charge in [0.1, 0.15) is 0 Å². The van der Waals surface area contributed by atoms with Crippen LogP contribution < -0.4 is 0 Å². The quantitative estimate of drug-likeness (QED) is 0.558. The molecule has 0 unspecified atom stereocenters. The maximum absolute atomic E-state index is 3.45. The normalized spacial score (nSPS) is 19.6. The molecule has 2 aromatic rings. The molecule has 24 heavy (non-hydrogen) atoms. The molecule has 3 rings (SSSR count). The molecule has 120 valence electrons. The third kappa shape index (κ3) is 4.78. The van der Waals surface area contributed by atoms with Gasteiger partial charge >= 0.3 is 0 Å². The molecule has 0 heterocycles. The lowest BCUT2D eigenvalue weighted by molar-refractivity contribution is 0.337. The molecule has 0 spiro atoms. The number of rotatable bonds is 0. The van der Waals surface area contributed by atoms with Crippen LogP contribution in [-0.2, 0) is 0 Å². The van der Waals surface area contributed by atoms with Crippen molar-refractivity contribution in [3.8, 4) is 23.7 Å². The summed E-state index contributed by atoms with van der Waals surface area (Å²) in [6, 6.07) is 16.6. The summed E-state index contributed by atoms with van der Waals surface area (Å²) in [6.07, 6.45) is 5.17. The van der Waals surface area contributed by atoms with Gasteiger partial charge in [0, 0.05) is 22.6 Å². The summed E-state index contributed by atoms with van der Waals surface area (Å²) in [4.78, 5) is 0. The van der Waals surface area contributed by atoms with Crippen LogP contribution in [0.25, 0.3) is 0 Å². The largest absolute Gasteiger partial charge is 0.0945 e. The standard InChI is InChI=1S/C24H24/c1-19-3-7-21(8-4-19)11-13-23-15-17-24(18-16-23)14-12-22-9-5-20(2)6-10-22/h3-4,7-8,15-18,20,22H,5-6,9-10H2,1-2H3. The second-order valence-electron chi connectivity index (χ2n) is 6.92. The highest BCUT2D eigenvalue weighted by atomic mass is 14.2. The van der Waals surface area contributed by atoms with Crippen molar-refractivity contribution in [2.24, 2.45) is 11.8 Å². The van der Waals surface area contributed by atoms with Crippen molar-refractivity contribution in [2.45, 2.75) is 39.5 Å². The molecule has 0 atom stereocenters. The summed E-state index contributed by atoms with van der Waals surface area (Å²) in [5, 5.41) is 0. The molecule has 1 aliphatic rings. The first-order valence-corrected chi connectivity index (χ1v) is 8.89. The number of aryl methyl sites for hydroxylation is 1. The highest BCUT2D eigenvalue weighted by Gasteiger charge is 2.15. The smallest absolute Gasteiger partial charge is 0.0249 e. The zero-order chi connectivity index (χ0) is 16.8. The van der Waals surface area contributed by atoms with Crippen LogP contribution in [0.4, 0.5) is 0 Å². The van der Waals surface area contributed by atoms with Crippen molar-refractivity contribution in [2.75, 3.05) is 0 Å². The van der Waals surface area contributed by atoms with E-state index in [1.54, 1.807) is 0 Å². The summed E-state index contributed by atoms with van der Waals surface area (Å²) < 4.78 is 0. The molecule has 0 bridgehead atoms. The average Bonchev–Trinajstić information content (AvgIpc) is 2.62. The summed E-state index contributed by atoms with van der Waals surface area (Å²) in [5.74, 6) is 14.7. The molecule has 0 heteroatoms. The van der Waals surface area contributed by atoms with Crippen molar-refractivity contribution >= 4 is 0 Å². The summed E-state index contributed by atoms with van der Waals surface area (Å²) >= 11 is 0. The SMILES string of the molecule is Cc1ccc(C#Cc2ccc(C#CC3CCC(C)CC3)cc2)cc1. The fourth-order valence-electron chi connectivity index (χ4n) is 3.01. The zero-order valence-electron chi connectivity index (χ0n) is 14.6. The van der Waals surface area contributed by atoms with Crippen LogP contribution in [0, 0.1) is 42.4 Å². The highest BCUT2D eigenvalue weighted by molar-refractivity contribution is 5.46. The maximum Gasteiger partial charge on any atom is 0.0249 e. The Kier molecular flexibility index (Phi) is 5.40. The monoisotopic (exact) mass is 312 g/mol. The summed E-state index contributed by atoms with van der Waals surface area (Å²) in [6.45, 7) is 4.44. The Bertz CT molecular complexity index is 778. The van der Waals surface area contributed by atoms with Gasteiger partial charge in [0.05, 0.1) is 0 Å². The van der Waals surface area contributed by atoms with Gasteiger partial charge in [-0.15, -0.1) is 0 Å². The van der Waals surface area contributed by atoms with Crippen molar-refractivity contribution in [1.82, 2.24) is 0 Å². The minimum absolute atomic E-state index is 0.585. The molecule has 0 nitrogen and oxygen atoms in total. The van der Waals surface area contributed by atoms with E-state index in [1.165, 1.54) is 31.2 Å². The lowest BCUT2D eigenvalue weighted by atomic mass is 9.83. The Hall–Kier alpha value is -2.44. The Morgan fingerprint density at radius 2 is 1.12 bits per heavy atom. The average molecular weight is 312 g/mol. The van der Waals surface area contributed by atoms with Crippen LogP contribution in [0.2, 0.25) is 0 Å². The first-order chi connectivity index (χ1) is 11.7. The molecule has 0 saturated heterocycles. The maximum atomic E-state index is 3.45. The van der Waals surface area contributed by atoms with Gasteiger partial charge in [0.15, 0.2) is 0 Å². The molecule has 0 aromatic heterocycles. The topological polar surface area (TPSA) is 0 Å². The molecule has 0 amide bonds. The minimum atomic E-state index is 0.585. The van der Waals surface area contributed by atoms with E-state index in [0.29, 0.717) is 5.92 Å². The van der Waals surface area contributed by atoms with Crippen LogP contribution in [-0.4, -0.2) is 0 Å². The predicted molar refractivity (Wildman–Crippen MR) is 102 cm³/mol. The third-order valence-electron chi connectivity index (χ3n) is 4.72. The molecule has 0 aliphatic heterocycles. The van der Waals surface area contributed by atoms with Gasteiger partial charge in [-0.3, -0.25) is 0 Å². The van der Waals surface area contributed by atoms with Gasteiger partial charge in [0.2, 0.25) is 0 Å².